The van der Waals surface area contributed by atoms with Gasteiger partial charge in [0.1, 0.15) is 0 Å². The minimum Gasteiger partial charge on any atom is -0.352 e. The van der Waals surface area contributed by atoms with Gasteiger partial charge >= 0.3 is 0 Å². The Morgan fingerprint density at radius 2 is 2.33 bits per heavy atom. The third kappa shape index (κ3) is 3.10. The molecule has 1 atom stereocenters. The van der Waals surface area contributed by atoms with Crippen LogP contribution in [0.4, 0.5) is 0 Å². The Hall–Kier alpha value is -1.36. The highest BCUT2D eigenvalue weighted by Crippen LogP contribution is 2.14. The van der Waals surface area contributed by atoms with Crippen molar-refractivity contribution >= 4 is 5.91 Å². The predicted molar refractivity (Wildman–Crippen MR) is 70.0 cm³/mol. The van der Waals surface area contributed by atoms with E-state index < -0.39 is 0 Å². The quantitative estimate of drug-likeness (QED) is 0.825. The number of nitrogens with one attached hydrogen (secondary N) is 2. The van der Waals surface area contributed by atoms with Crippen LogP contribution in [0.15, 0.2) is 6.33 Å². The average molecular weight is 250 g/mol. The molecule has 1 aliphatic rings. The Kier molecular flexibility index (Phi) is 4.01. The topological polar surface area (TPSA) is 61.0 Å². The van der Waals surface area contributed by atoms with E-state index >= 15 is 0 Å². The molecule has 5 heteroatoms. The van der Waals surface area contributed by atoms with Crippen molar-refractivity contribution in [1.82, 2.24) is 20.2 Å². The molecule has 5 nitrogen and oxygen atoms in total. The van der Waals surface area contributed by atoms with Crippen molar-refractivity contribution < 1.29 is 4.79 Å². The Balaban J connectivity index is 1.96. The van der Waals surface area contributed by atoms with Gasteiger partial charge in [0.05, 0.1) is 12.0 Å². The number of imidazole rings is 1. The van der Waals surface area contributed by atoms with Crippen molar-refractivity contribution in [2.75, 3.05) is 6.54 Å². The molecule has 1 aromatic heterocycles. The van der Waals surface area contributed by atoms with Gasteiger partial charge in [-0.15, -0.1) is 0 Å². The van der Waals surface area contributed by atoms with Gasteiger partial charge in [-0.1, -0.05) is 0 Å². The molecule has 1 aromatic rings. The van der Waals surface area contributed by atoms with Crippen LogP contribution in [0.3, 0.4) is 0 Å². The van der Waals surface area contributed by atoms with Crippen molar-refractivity contribution in [3.05, 3.63) is 17.7 Å². The van der Waals surface area contributed by atoms with E-state index in [2.05, 4.69) is 34.0 Å². The fourth-order valence-corrected chi connectivity index (χ4v) is 2.29. The molecule has 100 valence electrons. The first-order chi connectivity index (χ1) is 8.56. The maximum atomic E-state index is 11.2. The number of aromatic nitrogens is 2. The van der Waals surface area contributed by atoms with Crippen molar-refractivity contribution in [2.24, 2.45) is 0 Å². The maximum Gasteiger partial charge on any atom is 0.220 e. The van der Waals surface area contributed by atoms with Crippen molar-refractivity contribution in [1.29, 1.82) is 0 Å². The Morgan fingerprint density at radius 1 is 1.56 bits per heavy atom. The van der Waals surface area contributed by atoms with E-state index in [1.165, 1.54) is 0 Å². The fourth-order valence-electron chi connectivity index (χ4n) is 2.29. The number of H-pyrrole nitrogens is 1. The van der Waals surface area contributed by atoms with Crippen LogP contribution in [0.1, 0.15) is 38.1 Å². The lowest BCUT2D eigenvalue weighted by molar-refractivity contribution is -0.119. The minimum atomic E-state index is 0.180. The minimum absolute atomic E-state index is 0.180. The van der Waals surface area contributed by atoms with E-state index in [1.807, 2.05) is 6.92 Å². The summed E-state index contributed by atoms with van der Waals surface area (Å²) in [6.07, 6.45) is 3.35. The van der Waals surface area contributed by atoms with Gasteiger partial charge in [0.25, 0.3) is 0 Å². The molecular formula is C13H22N4O. The van der Waals surface area contributed by atoms with E-state index in [-0.39, 0.29) is 5.91 Å². The summed E-state index contributed by atoms with van der Waals surface area (Å²) in [5, 5.41) is 3.02. The second kappa shape index (κ2) is 5.52. The lowest BCUT2D eigenvalue weighted by Gasteiger charge is -2.28. The highest BCUT2D eigenvalue weighted by atomic mass is 16.1. The molecule has 18 heavy (non-hydrogen) atoms. The molecule has 2 heterocycles. The summed E-state index contributed by atoms with van der Waals surface area (Å²) < 4.78 is 0. The zero-order valence-electron chi connectivity index (χ0n) is 11.4. The highest BCUT2D eigenvalue weighted by Gasteiger charge is 2.24. The molecule has 0 aromatic carbocycles. The summed E-state index contributed by atoms with van der Waals surface area (Å²) in [7, 11) is 0. The van der Waals surface area contributed by atoms with Crippen molar-refractivity contribution in [3.63, 3.8) is 0 Å². The number of amides is 1. The van der Waals surface area contributed by atoms with Crippen molar-refractivity contribution in [2.45, 2.75) is 52.2 Å². The van der Waals surface area contributed by atoms with Crippen LogP contribution in [0.5, 0.6) is 0 Å². The fraction of sp³-hybridized carbons (Fsp3) is 0.692. The van der Waals surface area contributed by atoms with Gasteiger partial charge < -0.3 is 10.3 Å². The van der Waals surface area contributed by atoms with Crippen LogP contribution >= 0.6 is 0 Å². The molecular weight excluding hydrogens is 228 g/mol. The van der Waals surface area contributed by atoms with Crippen LogP contribution in [-0.4, -0.2) is 39.4 Å². The van der Waals surface area contributed by atoms with E-state index in [9.17, 15) is 4.79 Å². The first-order valence-corrected chi connectivity index (χ1v) is 6.58. The highest BCUT2D eigenvalue weighted by molar-refractivity contribution is 5.78. The lowest BCUT2D eigenvalue weighted by atomic mass is 10.1. The Labute approximate surface area is 108 Å². The summed E-state index contributed by atoms with van der Waals surface area (Å²) in [5.74, 6) is 0.180. The molecule has 0 saturated carbocycles. The van der Waals surface area contributed by atoms with Crippen LogP contribution in [0.25, 0.3) is 0 Å². The number of hydrogen-bond donors (Lipinski definition) is 2. The molecule has 1 saturated heterocycles. The SMILES string of the molecule is Cc1[nH]cnc1CN(CC1CCC(=O)N1)C(C)C. The monoisotopic (exact) mass is 250 g/mol. The van der Waals surface area contributed by atoms with E-state index in [1.54, 1.807) is 6.33 Å². The molecule has 1 amide bonds. The van der Waals surface area contributed by atoms with Gasteiger partial charge in [-0.05, 0) is 27.2 Å². The molecule has 0 radical (unpaired) electrons. The van der Waals surface area contributed by atoms with Crippen molar-refractivity contribution in [3.8, 4) is 0 Å². The molecule has 0 spiro atoms. The number of nitrogens with zero attached hydrogens (tertiary/aromatic N) is 2. The van der Waals surface area contributed by atoms with Gasteiger partial charge in [-0.2, -0.15) is 0 Å². The summed E-state index contributed by atoms with van der Waals surface area (Å²) in [5.41, 5.74) is 2.21. The van der Waals surface area contributed by atoms with Gasteiger partial charge in [0.2, 0.25) is 5.91 Å². The average Bonchev–Trinajstić information content (AvgIpc) is 2.88. The number of carbonyl (C=O) groups is 1. The third-order valence-electron chi connectivity index (χ3n) is 3.56. The number of aryl methyl sites for hydroxylation is 1. The lowest BCUT2D eigenvalue weighted by Crippen LogP contribution is -2.41. The molecule has 2 N–H and O–H groups in total. The Bertz CT molecular complexity index is 413. The van der Waals surface area contributed by atoms with Crippen LogP contribution < -0.4 is 5.32 Å². The standard InChI is InChI=1S/C13H22N4O/c1-9(2)17(6-11-4-5-13(18)16-11)7-12-10(3)14-8-15-12/h8-9,11H,4-7H2,1-3H3,(H,14,15)(H,16,18). The molecule has 2 rings (SSSR count). The summed E-state index contributed by atoms with van der Waals surface area (Å²) in [4.78, 5) is 21.0. The zero-order valence-corrected chi connectivity index (χ0v) is 11.4. The van der Waals surface area contributed by atoms with Crippen LogP contribution in [0, 0.1) is 6.92 Å². The van der Waals surface area contributed by atoms with Gasteiger partial charge in [-0.25, -0.2) is 4.98 Å². The zero-order chi connectivity index (χ0) is 13.1. The number of aromatic amines is 1. The summed E-state index contributed by atoms with van der Waals surface area (Å²) in [6, 6.07) is 0.734. The summed E-state index contributed by atoms with van der Waals surface area (Å²) >= 11 is 0. The third-order valence-corrected chi connectivity index (χ3v) is 3.56. The van der Waals surface area contributed by atoms with Crippen LogP contribution in [0.2, 0.25) is 0 Å². The Morgan fingerprint density at radius 3 is 2.83 bits per heavy atom. The van der Waals surface area contributed by atoms with Gasteiger partial charge in [-0.3, -0.25) is 9.69 Å². The first kappa shape index (κ1) is 13.1. The maximum absolute atomic E-state index is 11.2. The summed E-state index contributed by atoms with van der Waals surface area (Å²) in [6.45, 7) is 8.13. The van der Waals surface area contributed by atoms with Gasteiger partial charge in [0, 0.05) is 37.3 Å². The second-order valence-electron chi connectivity index (χ2n) is 5.30. The van der Waals surface area contributed by atoms with E-state index in [0.717, 1.165) is 30.9 Å². The number of hydrogen-bond acceptors (Lipinski definition) is 3. The van der Waals surface area contributed by atoms with Gasteiger partial charge in [0.15, 0.2) is 0 Å². The van der Waals surface area contributed by atoms with Crippen LogP contribution in [-0.2, 0) is 11.3 Å². The number of carbonyl (C=O) groups excluding carboxylic acids is 1. The molecule has 0 aliphatic carbocycles. The molecule has 1 fully saturated rings. The molecule has 0 bridgehead atoms. The molecule has 1 aliphatic heterocycles. The second-order valence-corrected chi connectivity index (χ2v) is 5.30. The van der Waals surface area contributed by atoms with E-state index in [4.69, 9.17) is 0 Å². The number of rotatable bonds is 5. The van der Waals surface area contributed by atoms with E-state index in [0.29, 0.717) is 18.5 Å². The largest absolute Gasteiger partial charge is 0.352 e. The normalized spacial score (nSPS) is 19.8. The predicted octanol–water partition coefficient (Wildman–Crippen LogP) is 1.21. The smallest absolute Gasteiger partial charge is 0.220 e. The first-order valence-electron chi connectivity index (χ1n) is 6.58. The molecule has 1 unspecified atom stereocenters.